The number of likely N-dealkylation sites (tertiary alicyclic amines) is 1. The van der Waals surface area contributed by atoms with Gasteiger partial charge in [-0.15, -0.1) is 12.4 Å². The van der Waals surface area contributed by atoms with Gasteiger partial charge < -0.3 is 4.90 Å². The SMILES string of the molecule is Cc1cn2nc(-c3cc(F)c4nc(C5CCN(C)CC5)ccc4c3)cc(C)c2n1.Cl. The van der Waals surface area contributed by atoms with E-state index in [-0.39, 0.29) is 18.2 Å². The number of nitrogens with zero attached hydrogens (tertiary/aromatic N) is 5. The number of hydrogen-bond donors (Lipinski definition) is 0. The molecule has 0 unspecified atom stereocenters. The van der Waals surface area contributed by atoms with Crippen LogP contribution in [0.2, 0.25) is 0 Å². The third kappa shape index (κ3) is 3.66. The van der Waals surface area contributed by atoms with E-state index >= 15 is 4.39 Å². The van der Waals surface area contributed by atoms with Gasteiger partial charge in [0, 0.05) is 22.6 Å². The smallest absolute Gasteiger partial charge is 0.156 e. The van der Waals surface area contributed by atoms with Crippen molar-refractivity contribution in [2.75, 3.05) is 20.1 Å². The molecule has 0 amide bonds. The highest BCUT2D eigenvalue weighted by atomic mass is 35.5. The summed E-state index contributed by atoms with van der Waals surface area (Å²) in [7, 11) is 2.14. The average molecular weight is 426 g/mol. The molecular weight excluding hydrogens is 401 g/mol. The Morgan fingerprint density at radius 3 is 2.57 bits per heavy atom. The van der Waals surface area contributed by atoms with E-state index in [1.54, 1.807) is 10.6 Å². The van der Waals surface area contributed by atoms with E-state index < -0.39 is 0 Å². The number of benzene rings is 1. The lowest BCUT2D eigenvalue weighted by atomic mass is 9.93. The van der Waals surface area contributed by atoms with Crippen LogP contribution in [0.1, 0.15) is 35.7 Å². The molecule has 1 aliphatic rings. The zero-order valence-corrected chi connectivity index (χ0v) is 18.2. The van der Waals surface area contributed by atoms with Gasteiger partial charge >= 0.3 is 0 Å². The predicted molar refractivity (Wildman–Crippen MR) is 120 cm³/mol. The summed E-state index contributed by atoms with van der Waals surface area (Å²) in [4.78, 5) is 11.5. The second-order valence-corrected chi connectivity index (χ2v) is 8.21. The minimum absolute atomic E-state index is 0. The molecule has 5 nitrogen and oxygen atoms in total. The van der Waals surface area contributed by atoms with Gasteiger partial charge in [0.05, 0.1) is 17.6 Å². The maximum Gasteiger partial charge on any atom is 0.156 e. The maximum atomic E-state index is 15.0. The summed E-state index contributed by atoms with van der Waals surface area (Å²) in [5, 5.41) is 5.44. The first kappa shape index (κ1) is 20.7. The molecule has 1 aliphatic heterocycles. The van der Waals surface area contributed by atoms with Gasteiger partial charge in [0.25, 0.3) is 0 Å². The lowest BCUT2D eigenvalue weighted by molar-refractivity contribution is 0.253. The van der Waals surface area contributed by atoms with Crippen LogP contribution in [0.3, 0.4) is 0 Å². The van der Waals surface area contributed by atoms with E-state index in [2.05, 4.69) is 28.1 Å². The van der Waals surface area contributed by atoms with Crippen molar-refractivity contribution in [1.82, 2.24) is 24.5 Å². The lowest BCUT2D eigenvalue weighted by Crippen LogP contribution is -2.29. The molecule has 5 rings (SSSR count). The molecule has 1 saturated heterocycles. The fraction of sp³-hybridized carbons (Fsp3) is 0.348. The van der Waals surface area contributed by atoms with Gasteiger partial charge in [-0.25, -0.2) is 18.9 Å². The Kier molecular flexibility index (Phi) is 5.47. The predicted octanol–water partition coefficient (Wildman–Crippen LogP) is 4.93. The highest BCUT2D eigenvalue weighted by Gasteiger charge is 2.20. The third-order valence-electron chi connectivity index (χ3n) is 5.93. The van der Waals surface area contributed by atoms with Gasteiger partial charge in [-0.3, -0.25) is 0 Å². The summed E-state index contributed by atoms with van der Waals surface area (Å²) in [6.07, 6.45) is 4.03. The van der Waals surface area contributed by atoms with E-state index in [1.165, 1.54) is 0 Å². The van der Waals surface area contributed by atoms with Crippen molar-refractivity contribution in [2.45, 2.75) is 32.6 Å². The molecule has 0 spiro atoms. The Morgan fingerprint density at radius 2 is 1.80 bits per heavy atom. The second kappa shape index (κ2) is 7.93. The van der Waals surface area contributed by atoms with Crippen molar-refractivity contribution >= 4 is 29.0 Å². The van der Waals surface area contributed by atoms with Crippen molar-refractivity contribution < 1.29 is 4.39 Å². The first-order valence-electron chi connectivity index (χ1n) is 10.1. The minimum Gasteiger partial charge on any atom is -0.306 e. The number of halogens is 2. The summed E-state index contributed by atoms with van der Waals surface area (Å²) in [5.41, 5.74) is 5.68. The van der Waals surface area contributed by atoms with Gasteiger partial charge in [0.2, 0.25) is 0 Å². The van der Waals surface area contributed by atoms with Gasteiger partial charge in [0.1, 0.15) is 11.3 Å². The molecule has 0 atom stereocenters. The van der Waals surface area contributed by atoms with Gasteiger partial charge in [-0.05, 0) is 76.7 Å². The van der Waals surface area contributed by atoms with Gasteiger partial charge in [0.15, 0.2) is 5.65 Å². The molecule has 0 N–H and O–H groups in total. The van der Waals surface area contributed by atoms with Crippen molar-refractivity contribution in [3.05, 3.63) is 59.3 Å². The summed E-state index contributed by atoms with van der Waals surface area (Å²) in [6, 6.07) is 9.53. The third-order valence-corrected chi connectivity index (χ3v) is 5.93. The minimum atomic E-state index is -0.298. The number of hydrogen-bond acceptors (Lipinski definition) is 4. The first-order valence-corrected chi connectivity index (χ1v) is 10.1. The van der Waals surface area contributed by atoms with Crippen molar-refractivity contribution in [3.8, 4) is 11.3 Å². The number of imidazole rings is 1. The van der Waals surface area contributed by atoms with Crippen molar-refractivity contribution in [3.63, 3.8) is 0 Å². The van der Waals surface area contributed by atoms with Crippen molar-refractivity contribution in [1.29, 1.82) is 0 Å². The number of rotatable bonds is 2. The first-order chi connectivity index (χ1) is 14.0. The molecule has 4 aromatic rings. The van der Waals surface area contributed by atoms with E-state index in [1.807, 2.05) is 38.2 Å². The van der Waals surface area contributed by atoms with Crippen LogP contribution in [0.25, 0.3) is 27.8 Å². The molecule has 0 radical (unpaired) electrons. The molecule has 1 fully saturated rings. The van der Waals surface area contributed by atoms with E-state index in [0.29, 0.717) is 11.4 Å². The van der Waals surface area contributed by atoms with Crippen LogP contribution in [0.15, 0.2) is 36.5 Å². The number of aryl methyl sites for hydroxylation is 2. The van der Waals surface area contributed by atoms with Crippen LogP contribution in [0.4, 0.5) is 4.39 Å². The Balaban J connectivity index is 0.00000218. The molecule has 30 heavy (non-hydrogen) atoms. The van der Waals surface area contributed by atoms with Gasteiger partial charge in [-0.1, -0.05) is 6.07 Å². The fourth-order valence-corrected chi connectivity index (χ4v) is 4.27. The highest BCUT2D eigenvalue weighted by molar-refractivity contribution is 5.85. The van der Waals surface area contributed by atoms with Crippen LogP contribution >= 0.6 is 12.4 Å². The monoisotopic (exact) mass is 425 g/mol. The number of aromatic nitrogens is 4. The number of piperidine rings is 1. The molecule has 0 aliphatic carbocycles. The number of pyridine rings is 1. The molecule has 156 valence electrons. The molecular formula is C23H25ClFN5. The Labute approximate surface area is 181 Å². The van der Waals surface area contributed by atoms with Crippen LogP contribution in [-0.2, 0) is 0 Å². The summed E-state index contributed by atoms with van der Waals surface area (Å²) < 4.78 is 16.8. The molecule has 4 heterocycles. The summed E-state index contributed by atoms with van der Waals surface area (Å²) in [5.74, 6) is 0.111. The molecule has 1 aromatic carbocycles. The van der Waals surface area contributed by atoms with Crippen molar-refractivity contribution in [2.24, 2.45) is 0 Å². The molecule has 3 aromatic heterocycles. The molecule has 7 heteroatoms. The topological polar surface area (TPSA) is 46.3 Å². The summed E-state index contributed by atoms with van der Waals surface area (Å²) >= 11 is 0. The Morgan fingerprint density at radius 1 is 1.03 bits per heavy atom. The van der Waals surface area contributed by atoms with E-state index in [9.17, 15) is 0 Å². The highest BCUT2D eigenvalue weighted by Crippen LogP contribution is 2.30. The van der Waals surface area contributed by atoms with Crippen LogP contribution in [0.5, 0.6) is 0 Å². The Bertz CT molecular complexity index is 1230. The lowest BCUT2D eigenvalue weighted by Gasteiger charge is -2.28. The standard InChI is InChI=1S/C23H24FN5.ClH/c1-14-10-21(27-29-13-15(2)25-23(14)29)18-11-17-4-5-20(26-22(17)19(24)12-18)16-6-8-28(3)9-7-16;/h4-5,10-13,16H,6-9H2,1-3H3;1H. The van der Waals surface area contributed by atoms with E-state index in [0.717, 1.165) is 65.2 Å². The number of fused-ring (bicyclic) bond motifs is 2. The zero-order valence-electron chi connectivity index (χ0n) is 17.4. The normalized spacial score (nSPS) is 15.6. The summed E-state index contributed by atoms with van der Waals surface area (Å²) in [6.45, 7) is 6.07. The average Bonchev–Trinajstić information content (AvgIpc) is 3.09. The largest absolute Gasteiger partial charge is 0.306 e. The molecule has 0 saturated carbocycles. The van der Waals surface area contributed by atoms with E-state index in [4.69, 9.17) is 4.98 Å². The second-order valence-electron chi connectivity index (χ2n) is 8.21. The van der Waals surface area contributed by atoms with Gasteiger partial charge in [-0.2, -0.15) is 5.10 Å². The van der Waals surface area contributed by atoms with Crippen LogP contribution in [0, 0.1) is 19.7 Å². The fourth-order valence-electron chi connectivity index (χ4n) is 4.27. The molecule has 0 bridgehead atoms. The van der Waals surface area contributed by atoms with Crippen LogP contribution in [-0.4, -0.2) is 44.6 Å². The quantitative estimate of drug-likeness (QED) is 0.456. The Hall–Kier alpha value is -2.57. The maximum absolute atomic E-state index is 15.0. The van der Waals surface area contributed by atoms with Crippen LogP contribution < -0.4 is 0 Å². The zero-order chi connectivity index (χ0) is 20.1.